The average molecular weight is 209 g/mol. The second-order valence-electron chi connectivity index (χ2n) is 2.64. The lowest BCUT2D eigenvalue weighted by Crippen LogP contribution is -2.05. The number of nitrogens with zero attached hydrogens (tertiary/aromatic N) is 1. The normalized spacial score (nSPS) is 9.20. The molecular weight excluding hydrogens is 201 g/mol. The molecule has 0 atom stereocenters. The van der Waals surface area contributed by atoms with Gasteiger partial charge in [0.15, 0.2) is 0 Å². The van der Waals surface area contributed by atoms with Crippen molar-refractivity contribution in [3.05, 3.63) is 29.1 Å². The Kier molecular flexibility index (Phi) is 3.24. The first-order chi connectivity index (χ1) is 7.13. The molecule has 0 aliphatic carbocycles. The smallest absolute Gasteiger partial charge is 0.341 e. The molecule has 0 aromatic heterocycles. The fourth-order valence-electron chi connectivity index (χ4n) is 1.08. The molecule has 0 N–H and O–H groups in total. The van der Waals surface area contributed by atoms with Crippen molar-refractivity contribution in [3.63, 3.8) is 0 Å². The largest absolute Gasteiger partial charge is 0.496 e. The molecule has 0 saturated heterocycles. The number of hydrogen-bond acceptors (Lipinski definition) is 4. The second kappa shape index (κ2) is 4.42. The molecule has 0 spiro atoms. The van der Waals surface area contributed by atoms with Gasteiger partial charge >= 0.3 is 5.97 Å². The van der Waals surface area contributed by atoms with E-state index < -0.39 is 11.8 Å². The van der Waals surface area contributed by atoms with Crippen LogP contribution >= 0.6 is 0 Å². The summed E-state index contributed by atoms with van der Waals surface area (Å²) in [5.74, 6) is -1.38. The summed E-state index contributed by atoms with van der Waals surface area (Å²) < 4.78 is 22.5. The zero-order valence-electron chi connectivity index (χ0n) is 8.20. The Labute approximate surface area is 85.8 Å². The lowest BCUT2D eigenvalue weighted by molar-refractivity contribution is 0.0596. The molecule has 1 aromatic carbocycles. The van der Waals surface area contributed by atoms with Gasteiger partial charge in [0.05, 0.1) is 19.8 Å². The van der Waals surface area contributed by atoms with Crippen LogP contribution in [0.1, 0.15) is 15.9 Å². The highest BCUT2D eigenvalue weighted by atomic mass is 19.1. The molecule has 0 aliphatic heterocycles. The maximum Gasteiger partial charge on any atom is 0.341 e. The molecule has 0 fully saturated rings. The van der Waals surface area contributed by atoms with Gasteiger partial charge in [0.25, 0.3) is 0 Å². The molecule has 0 radical (unpaired) electrons. The Morgan fingerprint density at radius 3 is 2.60 bits per heavy atom. The SMILES string of the molecule is COC(=O)c1cc(F)c(C#N)cc1OC. The number of nitriles is 1. The van der Waals surface area contributed by atoms with Crippen molar-refractivity contribution >= 4 is 5.97 Å². The van der Waals surface area contributed by atoms with Gasteiger partial charge in [-0.05, 0) is 6.07 Å². The van der Waals surface area contributed by atoms with Gasteiger partial charge < -0.3 is 9.47 Å². The number of carbonyl (C=O) groups is 1. The van der Waals surface area contributed by atoms with Crippen molar-refractivity contribution in [2.24, 2.45) is 0 Å². The molecule has 78 valence electrons. The van der Waals surface area contributed by atoms with Gasteiger partial charge in [-0.25, -0.2) is 9.18 Å². The number of ether oxygens (including phenoxy) is 2. The minimum absolute atomic E-state index is 0.0449. The van der Waals surface area contributed by atoms with Crippen LogP contribution in [0.4, 0.5) is 4.39 Å². The summed E-state index contributed by atoms with van der Waals surface area (Å²) >= 11 is 0. The number of halogens is 1. The maximum absolute atomic E-state index is 13.2. The lowest BCUT2D eigenvalue weighted by atomic mass is 10.1. The summed E-state index contributed by atoms with van der Waals surface area (Å²) in [4.78, 5) is 11.2. The highest BCUT2D eigenvalue weighted by molar-refractivity contribution is 5.92. The second-order valence-corrected chi connectivity index (χ2v) is 2.64. The van der Waals surface area contributed by atoms with Crippen molar-refractivity contribution in [1.29, 1.82) is 5.26 Å². The van der Waals surface area contributed by atoms with Crippen LogP contribution in [-0.4, -0.2) is 20.2 Å². The topological polar surface area (TPSA) is 59.3 Å². The van der Waals surface area contributed by atoms with Crippen LogP contribution < -0.4 is 4.74 Å². The highest BCUT2D eigenvalue weighted by Crippen LogP contribution is 2.23. The Bertz CT molecular complexity index is 437. The lowest BCUT2D eigenvalue weighted by Gasteiger charge is -2.07. The number of esters is 1. The van der Waals surface area contributed by atoms with E-state index >= 15 is 0 Å². The number of hydrogen-bond donors (Lipinski definition) is 0. The highest BCUT2D eigenvalue weighted by Gasteiger charge is 2.16. The molecule has 0 aliphatic rings. The van der Waals surface area contributed by atoms with Gasteiger partial charge in [0, 0.05) is 6.07 Å². The molecular formula is C10H8FNO3. The summed E-state index contributed by atoms with van der Waals surface area (Å²) in [6.45, 7) is 0. The fraction of sp³-hybridized carbons (Fsp3) is 0.200. The monoisotopic (exact) mass is 209 g/mol. The maximum atomic E-state index is 13.2. The molecule has 15 heavy (non-hydrogen) atoms. The zero-order chi connectivity index (χ0) is 11.4. The van der Waals surface area contributed by atoms with E-state index in [0.29, 0.717) is 0 Å². The summed E-state index contributed by atoms with van der Waals surface area (Å²) in [7, 11) is 2.50. The van der Waals surface area contributed by atoms with Crippen LogP contribution in [0.25, 0.3) is 0 Å². The Balaban J connectivity index is 3.35. The quantitative estimate of drug-likeness (QED) is 0.692. The van der Waals surface area contributed by atoms with E-state index in [-0.39, 0.29) is 16.9 Å². The first-order valence-electron chi connectivity index (χ1n) is 4.00. The van der Waals surface area contributed by atoms with Gasteiger partial charge in [-0.1, -0.05) is 0 Å². The minimum Gasteiger partial charge on any atom is -0.496 e. The first kappa shape index (κ1) is 11.0. The summed E-state index contributed by atoms with van der Waals surface area (Å²) in [5, 5.41) is 8.56. The molecule has 0 saturated carbocycles. The van der Waals surface area contributed by atoms with Crippen molar-refractivity contribution in [2.45, 2.75) is 0 Å². The van der Waals surface area contributed by atoms with E-state index in [1.807, 2.05) is 0 Å². The predicted molar refractivity (Wildman–Crippen MR) is 49.0 cm³/mol. The van der Waals surface area contributed by atoms with E-state index in [2.05, 4.69) is 4.74 Å². The van der Waals surface area contributed by atoms with Crippen molar-refractivity contribution < 1.29 is 18.7 Å². The van der Waals surface area contributed by atoms with Crippen LogP contribution in [0, 0.1) is 17.1 Å². The Morgan fingerprint density at radius 2 is 2.13 bits per heavy atom. The molecule has 0 bridgehead atoms. The number of rotatable bonds is 2. The van der Waals surface area contributed by atoms with Gasteiger partial charge in [-0.15, -0.1) is 0 Å². The van der Waals surface area contributed by atoms with Gasteiger partial charge in [0.1, 0.15) is 23.2 Å². The number of benzene rings is 1. The molecule has 4 nitrogen and oxygen atoms in total. The standard InChI is InChI=1S/C10H8FNO3/c1-14-9-3-6(5-12)8(11)4-7(9)10(13)15-2/h3-4H,1-2H3. The number of methoxy groups -OCH3 is 2. The minimum atomic E-state index is -0.779. The van der Waals surface area contributed by atoms with Crippen LogP contribution in [0.2, 0.25) is 0 Å². The molecule has 0 heterocycles. The van der Waals surface area contributed by atoms with Gasteiger partial charge in [-0.3, -0.25) is 0 Å². The van der Waals surface area contributed by atoms with Gasteiger partial charge in [-0.2, -0.15) is 5.26 Å². The molecule has 0 unspecified atom stereocenters. The zero-order valence-corrected chi connectivity index (χ0v) is 8.20. The van der Waals surface area contributed by atoms with Crippen molar-refractivity contribution in [1.82, 2.24) is 0 Å². The molecule has 1 rings (SSSR count). The fourth-order valence-corrected chi connectivity index (χ4v) is 1.08. The van der Waals surface area contributed by atoms with E-state index in [4.69, 9.17) is 10.00 Å². The van der Waals surface area contributed by atoms with E-state index in [1.165, 1.54) is 14.2 Å². The Morgan fingerprint density at radius 1 is 1.47 bits per heavy atom. The third-order valence-electron chi connectivity index (χ3n) is 1.81. The average Bonchev–Trinajstić information content (AvgIpc) is 2.27. The first-order valence-corrected chi connectivity index (χ1v) is 4.00. The van der Waals surface area contributed by atoms with E-state index in [9.17, 15) is 9.18 Å². The molecule has 1 aromatic rings. The summed E-state index contributed by atoms with van der Waals surface area (Å²) in [5.41, 5.74) is -0.226. The van der Waals surface area contributed by atoms with Crippen LogP contribution in [-0.2, 0) is 4.74 Å². The summed E-state index contributed by atoms with van der Waals surface area (Å²) in [6.07, 6.45) is 0. The molecule has 5 heteroatoms. The van der Waals surface area contributed by atoms with Crippen LogP contribution in [0.5, 0.6) is 5.75 Å². The van der Waals surface area contributed by atoms with Crippen LogP contribution in [0.15, 0.2) is 12.1 Å². The predicted octanol–water partition coefficient (Wildman–Crippen LogP) is 1.49. The van der Waals surface area contributed by atoms with E-state index in [1.54, 1.807) is 6.07 Å². The van der Waals surface area contributed by atoms with E-state index in [0.717, 1.165) is 12.1 Å². The van der Waals surface area contributed by atoms with Crippen LogP contribution in [0.3, 0.4) is 0 Å². The van der Waals surface area contributed by atoms with Gasteiger partial charge in [0.2, 0.25) is 0 Å². The third kappa shape index (κ3) is 2.05. The van der Waals surface area contributed by atoms with Crippen molar-refractivity contribution in [3.8, 4) is 11.8 Å². The summed E-state index contributed by atoms with van der Waals surface area (Å²) in [6, 6.07) is 3.72. The number of carbonyl (C=O) groups excluding carboxylic acids is 1. The molecule has 0 amide bonds. The van der Waals surface area contributed by atoms with Crippen molar-refractivity contribution in [2.75, 3.05) is 14.2 Å². The Hall–Kier alpha value is -2.09. The third-order valence-corrected chi connectivity index (χ3v) is 1.81.